The molecule has 1 aromatic carbocycles. The van der Waals surface area contributed by atoms with Crippen LogP contribution in [0.15, 0.2) is 35.7 Å². The highest BCUT2D eigenvalue weighted by Crippen LogP contribution is 2.35. The van der Waals surface area contributed by atoms with Crippen molar-refractivity contribution in [3.63, 3.8) is 0 Å². The number of aromatic nitrogens is 1. The van der Waals surface area contributed by atoms with Gasteiger partial charge in [0.25, 0.3) is 5.91 Å². The molecule has 6 nitrogen and oxygen atoms in total. The SMILES string of the molecule is Cc1nc(C(=O)Nc2ccc(-c3cc(NC(C)C)c(C(=O)O)s3)cc2)cs1. The summed E-state index contributed by atoms with van der Waals surface area (Å²) in [7, 11) is 0. The smallest absolute Gasteiger partial charge is 0.348 e. The number of nitrogens with zero attached hydrogens (tertiary/aromatic N) is 1. The Bertz CT molecular complexity index is 975. The lowest BCUT2D eigenvalue weighted by Crippen LogP contribution is -2.12. The normalized spacial score (nSPS) is 10.8. The zero-order valence-electron chi connectivity index (χ0n) is 15.1. The maximum atomic E-state index is 12.2. The molecule has 0 aliphatic rings. The van der Waals surface area contributed by atoms with Crippen LogP contribution >= 0.6 is 22.7 Å². The van der Waals surface area contributed by atoms with E-state index >= 15 is 0 Å². The molecule has 0 saturated carbocycles. The molecule has 0 atom stereocenters. The van der Waals surface area contributed by atoms with Gasteiger partial charge in [-0.05, 0) is 44.5 Å². The van der Waals surface area contributed by atoms with Crippen LogP contribution in [0.2, 0.25) is 0 Å². The number of carboxylic acids is 1. The minimum atomic E-state index is -0.947. The van der Waals surface area contributed by atoms with Gasteiger partial charge >= 0.3 is 5.97 Å². The molecule has 0 fully saturated rings. The summed E-state index contributed by atoms with van der Waals surface area (Å²) in [5.41, 5.74) is 2.57. The molecule has 0 radical (unpaired) electrons. The topological polar surface area (TPSA) is 91.3 Å². The minimum absolute atomic E-state index is 0.137. The van der Waals surface area contributed by atoms with Crippen LogP contribution in [0, 0.1) is 6.92 Å². The Kier molecular flexibility index (Phi) is 5.57. The summed E-state index contributed by atoms with van der Waals surface area (Å²) in [4.78, 5) is 29.0. The Balaban J connectivity index is 1.79. The van der Waals surface area contributed by atoms with E-state index < -0.39 is 5.97 Å². The van der Waals surface area contributed by atoms with Crippen molar-refractivity contribution in [3.05, 3.63) is 51.3 Å². The number of thiazole rings is 1. The number of rotatable bonds is 6. The van der Waals surface area contributed by atoms with Gasteiger partial charge in [0.2, 0.25) is 0 Å². The number of aryl methyl sites for hydroxylation is 1. The molecule has 0 unspecified atom stereocenters. The highest BCUT2D eigenvalue weighted by Gasteiger charge is 2.17. The molecule has 0 spiro atoms. The van der Waals surface area contributed by atoms with Crippen molar-refractivity contribution in [3.8, 4) is 10.4 Å². The quantitative estimate of drug-likeness (QED) is 0.543. The lowest BCUT2D eigenvalue weighted by atomic mass is 10.1. The van der Waals surface area contributed by atoms with Gasteiger partial charge in [-0.3, -0.25) is 4.79 Å². The third kappa shape index (κ3) is 4.53. The Labute approximate surface area is 164 Å². The van der Waals surface area contributed by atoms with E-state index in [1.54, 1.807) is 17.5 Å². The van der Waals surface area contributed by atoms with Gasteiger partial charge in [-0.1, -0.05) is 12.1 Å². The van der Waals surface area contributed by atoms with Gasteiger partial charge in [-0.15, -0.1) is 22.7 Å². The summed E-state index contributed by atoms with van der Waals surface area (Å²) in [6.45, 7) is 5.78. The second-order valence-electron chi connectivity index (χ2n) is 6.24. The number of aromatic carboxylic acids is 1. The molecule has 3 aromatic rings. The van der Waals surface area contributed by atoms with Crippen molar-refractivity contribution >= 4 is 45.9 Å². The molecule has 0 bridgehead atoms. The van der Waals surface area contributed by atoms with Crippen molar-refractivity contribution in [1.29, 1.82) is 0 Å². The van der Waals surface area contributed by atoms with Crippen molar-refractivity contribution in [2.45, 2.75) is 26.8 Å². The lowest BCUT2D eigenvalue weighted by Gasteiger charge is -2.08. The van der Waals surface area contributed by atoms with Crippen LogP contribution in [0.1, 0.15) is 39.0 Å². The molecule has 27 heavy (non-hydrogen) atoms. The predicted octanol–water partition coefficient (Wildman–Crippen LogP) is 4.95. The first-order chi connectivity index (χ1) is 12.8. The molecular formula is C19H19N3O3S2. The zero-order valence-corrected chi connectivity index (χ0v) is 16.7. The molecule has 8 heteroatoms. The fraction of sp³-hybridized carbons (Fsp3) is 0.211. The minimum Gasteiger partial charge on any atom is -0.477 e. The van der Waals surface area contributed by atoms with Gasteiger partial charge in [0, 0.05) is 22.0 Å². The van der Waals surface area contributed by atoms with E-state index in [-0.39, 0.29) is 16.8 Å². The van der Waals surface area contributed by atoms with Crippen LogP contribution in [-0.4, -0.2) is 28.0 Å². The number of nitrogens with one attached hydrogen (secondary N) is 2. The fourth-order valence-electron chi connectivity index (χ4n) is 2.49. The summed E-state index contributed by atoms with van der Waals surface area (Å²) in [6.07, 6.45) is 0. The predicted molar refractivity (Wildman–Crippen MR) is 110 cm³/mol. The number of carbonyl (C=O) groups is 2. The number of hydrogen-bond donors (Lipinski definition) is 3. The largest absolute Gasteiger partial charge is 0.477 e. The molecule has 2 heterocycles. The van der Waals surface area contributed by atoms with E-state index in [0.717, 1.165) is 15.4 Å². The number of anilines is 2. The van der Waals surface area contributed by atoms with Crippen LogP contribution in [0.3, 0.4) is 0 Å². The molecular weight excluding hydrogens is 382 g/mol. The molecule has 3 N–H and O–H groups in total. The maximum absolute atomic E-state index is 12.2. The van der Waals surface area contributed by atoms with Gasteiger partial charge in [0.15, 0.2) is 0 Å². The van der Waals surface area contributed by atoms with Gasteiger partial charge < -0.3 is 15.7 Å². The van der Waals surface area contributed by atoms with E-state index in [1.165, 1.54) is 22.7 Å². The van der Waals surface area contributed by atoms with Crippen LogP contribution in [0.4, 0.5) is 11.4 Å². The van der Waals surface area contributed by atoms with Crippen molar-refractivity contribution < 1.29 is 14.7 Å². The van der Waals surface area contributed by atoms with Crippen LogP contribution in [0.25, 0.3) is 10.4 Å². The summed E-state index contributed by atoms with van der Waals surface area (Å²) < 4.78 is 0. The average Bonchev–Trinajstić information content (AvgIpc) is 3.21. The summed E-state index contributed by atoms with van der Waals surface area (Å²) in [6, 6.07) is 9.29. The van der Waals surface area contributed by atoms with E-state index in [4.69, 9.17) is 0 Å². The highest BCUT2D eigenvalue weighted by atomic mass is 32.1. The fourth-order valence-corrected chi connectivity index (χ4v) is 4.05. The Morgan fingerprint density at radius 2 is 1.89 bits per heavy atom. The number of carbonyl (C=O) groups excluding carboxylic acids is 1. The van der Waals surface area contributed by atoms with E-state index in [1.807, 2.05) is 39.0 Å². The van der Waals surface area contributed by atoms with Crippen molar-refractivity contribution in [2.24, 2.45) is 0 Å². The third-order valence-electron chi connectivity index (χ3n) is 3.65. The van der Waals surface area contributed by atoms with E-state index in [0.29, 0.717) is 17.1 Å². The summed E-state index contributed by atoms with van der Waals surface area (Å²) in [5, 5.41) is 18.0. The first kappa shape index (κ1) is 19.1. The van der Waals surface area contributed by atoms with E-state index in [2.05, 4.69) is 15.6 Å². The Morgan fingerprint density at radius 1 is 1.19 bits per heavy atom. The van der Waals surface area contributed by atoms with Crippen LogP contribution in [0.5, 0.6) is 0 Å². The number of amides is 1. The molecule has 0 saturated heterocycles. The van der Waals surface area contributed by atoms with Gasteiger partial charge in [0.05, 0.1) is 10.7 Å². The third-order valence-corrected chi connectivity index (χ3v) is 5.60. The molecule has 0 aliphatic carbocycles. The molecule has 1 amide bonds. The Morgan fingerprint density at radius 3 is 2.44 bits per heavy atom. The molecule has 140 valence electrons. The Hall–Kier alpha value is -2.71. The molecule has 0 aliphatic heterocycles. The number of benzene rings is 1. The number of carboxylic acid groups (broad SMARTS) is 1. The van der Waals surface area contributed by atoms with Gasteiger partial charge in [-0.2, -0.15) is 0 Å². The van der Waals surface area contributed by atoms with Gasteiger partial charge in [-0.25, -0.2) is 9.78 Å². The van der Waals surface area contributed by atoms with Crippen molar-refractivity contribution in [2.75, 3.05) is 10.6 Å². The van der Waals surface area contributed by atoms with E-state index in [9.17, 15) is 14.7 Å². The molecule has 3 rings (SSSR count). The number of hydrogen-bond acceptors (Lipinski definition) is 6. The van der Waals surface area contributed by atoms with Gasteiger partial charge in [0.1, 0.15) is 10.6 Å². The zero-order chi connectivity index (χ0) is 19.6. The molecule has 2 aromatic heterocycles. The first-order valence-electron chi connectivity index (χ1n) is 8.31. The van der Waals surface area contributed by atoms with Crippen LogP contribution < -0.4 is 10.6 Å². The van der Waals surface area contributed by atoms with Crippen LogP contribution in [-0.2, 0) is 0 Å². The lowest BCUT2D eigenvalue weighted by molar-refractivity contribution is 0.0703. The maximum Gasteiger partial charge on any atom is 0.348 e. The monoisotopic (exact) mass is 401 g/mol. The second kappa shape index (κ2) is 7.89. The summed E-state index contributed by atoms with van der Waals surface area (Å²) in [5.74, 6) is -1.20. The summed E-state index contributed by atoms with van der Waals surface area (Å²) >= 11 is 2.65. The first-order valence-corrected chi connectivity index (χ1v) is 10.0. The average molecular weight is 402 g/mol. The van der Waals surface area contributed by atoms with Crippen molar-refractivity contribution in [1.82, 2.24) is 4.98 Å². The second-order valence-corrected chi connectivity index (χ2v) is 8.36. The number of thiophene rings is 1. The standard InChI is InChI=1S/C19H19N3O3S2/c1-10(2)20-14-8-16(27-17(14)19(24)25)12-4-6-13(7-5-12)22-18(23)15-9-26-11(3)21-15/h4-10,20H,1-3H3,(H,22,23)(H,24,25). The highest BCUT2D eigenvalue weighted by molar-refractivity contribution is 7.18.